The lowest BCUT2D eigenvalue weighted by molar-refractivity contribution is 0.0143. The lowest BCUT2D eigenvalue weighted by Gasteiger charge is -2.13. The van der Waals surface area contributed by atoms with E-state index in [9.17, 15) is 0 Å². The summed E-state index contributed by atoms with van der Waals surface area (Å²) in [6, 6.07) is 10.0. The summed E-state index contributed by atoms with van der Waals surface area (Å²) in [5, 5.41) is 0. The molecule has 1 aromatic carbocycles. The van der Waals surface area contributed by atoms with Crippen LogP contribution in [0.2, 0.25) is 0 Å². The zero-order valence-electron chi connectivity index (χ0n) is 21.4. The molecule has 5 heteroatoms. The standard InChI is InChI=1S/C28H52NO3P/c1-2-3-4-5-6-7-8-9-10-11-12-13-14-15-16-17-21-24-31-33-32-26-28(29)30-25-27-22-19-18-20-23-27/h18-20,22-23,28,33H,2-17,21,24-26,29H2,1H3. The van der Waals surface area contributed by atoms with Gasteiger partial charge in [-0.05, 0) is 12.0 Å². The molecule has 192 valence electrons. The quantitative estimate of drug-likeness (QED) is 0.0862. The Balaban J connectivity index is 1.70. The van der Waals surface area contributed by atoms with E-state index in [1.165, 1.54) is 103 Å². The third-order valence-corrected chi connectivity index (χ3v) is 6.63. The van der Waals surface area contributed by atoms with Crippen molar-refractivity contribution in [2.24, 2.45) is 5.73 Å². The first-order valence-electron chi connectivity index (χ1n) is 13.7. The summed E-state index contributed by atoms with van der Waals surface area (Å²) < 4.78 is 16.6. The van der Waals surface area contributed by atoms with Crippen LogP contribution >= 0.6 is 9.03 Å². The van der Waals surface area contributed by atoms with E-state index in [4.69, 9.17) is 19.5 Å². The van der Waals surface area contributed by atoms with Gasteiger partial charge in [-0.25, -0.2) is 0 Å². The molecule has 2 atom stereocenters. The minimum atomic E-state index is -0.415. The monoisotopic (exact) mass is 481 g/mol. The van der Waals surface area contributed by atoms with Gasteiger partial charge in [0.25, 0.3) is 0 Å². The molecule has 0 radical (unpaired) electrons. The highest BCUT2D eigenvalue weighted by Crippen LogP contribution is 2.17. The molecule has 0 bridgehead atoms. The van der Waals surface area contributed by atoms with Crippen LogP contribution in [0.25, 0.3) is 0 Å². The van der Waals surface area contributed by atoms with Gasteiger partial charge in [0.05, 0.1) is 19.8 Å². The summed E-state index contributed by atoms with van der Waals surface area (Å²) in [7, 11) is 0.0467. The maximum atomic E-state index is 5.91. The second-order valence-electron chi connectivity index (χ2n) is 9.23. The van der Waals surface area contributed by atoms with Gasteiger partial charge < -0.3 is 19.5 Å². The minimum Gasteiger partial charge on any atom is -0.356 e. The molecule has 0 saturated heterocycles. The Bertz CT molecular complexity index is 503. The predicted octanol–water partition coefficient (Wildman–Crippen LogP) is 8.68. The Kier molecular flexibility index (Phi) is 22.8. The van der Waals surface area contributed by atoms with E-state index in [2.05, 4.69) is 6.92 Å². The Morgan fingerprint density at radius 3 is 1.67 bits per heavy atom. The first kappa shape index (κ1) is 30.5. The molecule has 1 aromatic rings. The lowest BCUT2D eigenvalue weighted by Crippen LogP contribution is -2.28. The van der Waals surface area contributed by atoms with Crippen LogP contribution in [0.3, 0.4) is 0 Å². The van der Waals surface area contributed by atoms with Crippen molar-refractivity contribution in [3.05, 3.63) is 35.9 Å². The number of hydrogen-bond acceptors (Lipinski definition) is 4. The fourth-order valence-corrected chi connectivity index (χ4v) is 4.47. The van der Waals surface area contributed by atoms with Gasteiger partial charge in [-0.15, -0.1) is 0 Å². The number of rotatable bonds is 25. The second kappa shape index (κ2) is 24.6. The largest absolute Gasteiger partial charge is 0.356 e. The number of unbranched alkanes of at least 4 members (excludes halogenated alkanes) is 16. The predicted molar refractivity (Wildman–Crippen MR) is 144 cm³/mol. The number of hydrogen-bond donors (Lipinski definition) is 1. The molecule has 2 N–H and O–H groups in total. The van der Waals surface area contributed by atoms with Crippen LogP contribution in [-0.4, -0.2) is 19.4 Å². The van der Waals surface area contributed by atoms with E-state index in [1.54, 1.807) is 0 Å². The molecule has 1 rings (SSSR count). The molecule has 0 heterocycles. The van der Waals surface area contributed by atoms with E-state index in [1.807, 2.05) is 30.3 Å². The fraction of sp³-hybridized carbons (Fsp3) is 0.786. The maximum Gasteiger partial charge on any atom is 0.155 e. The van der Waals surface area contributed by atoms with Gasteiger partial charge in [0.2, 0.25) is 0 Å². The summed E-state index contributed by atoms with van der Waals surface area (Å²) in [5.74, 6) is 0. The Morgan fingerprint density at radius 2 is 1.15 bits per heavy atom. The summed E-state index contributed by atoms with van der Waals surface area (Å²) in [5.41, 5.74) is 7.02. The van der Waals surface area contributed by atoms with Crippen molar-refractivity contribution in [3.63, 3.8) is 0 Å². The molecule has 0 spiro atoms. The zero-order valence-corrected chi connectivity index (χ0v) is 22.4. The molecule has 0 amide bonds. The average Bonchev–Trinajstić information content (AvgIpc) is 2.84. The Hall–Kier alpha value is -0.510. The van der Waals surface area contributed by atoms with Gasteiger partial charge in [-0.3, -0.25) is 0 Å². The number of ether oxygens (including phenoxy) is 1. The molecule has 0 aliphatic rings. The fourth-order valence-electron chi connectivity index (χ4n) is 3.92. The van der Waals surface area contributed by atoms with Crippen LogP contribution < -0.4 is 5.73 Å². The minimum absolute atomic E-state index is 0.0467. The van der Waals surface area contributed by atoms with Crippen molar-refractivity contribution in [2.75, 3.05) is 13.2 Å². The first-order chi connectivity index (χ1) is 16.3. The van der Waals surface area contributed by atoms with E-state index < -0.39 is 6.23 Å². The topological polar surface area (TPSA) is 53.7 Å². The molecular formula is C28H52NO3P. The van der Waals surface area contributed by atoms with Crippen molar-refractivity contribution < 1.29 is 13.8 Å². The molecule has 0 aromatic heterocycles. The Morgan fingerprint density at radius 1 is 0.667 bits per heavy atom. The highest BCUT2D eigenvalue weighted by atomic mass is 31.1. The molecule has 0 fully saturated rings. The molecule has 0 aliphatic heterocycles. The van der Waals surface area contributed by atoms with Crippen LogP contribution in [-0.2, 0) is 20.4 Å². The van der Waals surface area contributed by atoms with Crippen molar-refractivity contribution in [2.45, 2.75) is 129 Å². The average molecular weight is 482 g/mol. The van der Waals surface area contributed by atoms with Gasteiger partial charge in [0, 0.05) is 0 Å². The summed E-state index contributed by atoms with van der Waals surface area (Å²) in [6.45, 7) is 3.94. The van der Waals surface area contributed by atoms with E-state index in [0.717, 1.165) is 18.6 Å². The Labute approximate surface area is 206 Å². The molecule has 0 aliphatic carbocycles. The second-order valence-corrected chi connectivity index (χ2v) is 9.98. The van der Waals surface area contributed by atoms with Gasteiger partial charge in [-0.2, -0.15) is 0 Å². The highest BCUT2D eigenvalue weighted by molar-refractivity contribution is 7.26. The van der Waals surface area contributed by atoms with Crippen molar-refractivity contribution in [1.82, 2.24) is 0 Å². The molecular weight excluding hydrogens is 429 g/mol. The maximum absolute atomic E-state index is 5.91. The van der Waals surface area contributed by atoms with Crippen molar-refractivity contribution in [1.29, 1.82) is 0 Å². The van der Waals surface area contributed by atoms with E-state index >= 15 is 0 Å². The van der Waals surface area contributed by atoms with Gasteiger partial charge >= 0.3 is 0 Å². The van der Waals surface area contributed by atoms with Gasteiger partial charge in [-0.1, -0.05) is 140 Å². The first-order valence-corrected chi connectivity index (χ1v) is 14.5. The van der Waals surface area contributed by atoms with E-state index in [0.29, 0.717) is 13.2 Å². The van der Waals surface area contributed by atoms with Crippen LogP contribution in [0.4, 0.5) is 0 Å². The molecule has 4 nitrogen and oxygen atoms in total. The lowest BCUT2D eigenvalue weighted by atomic mass is 10.0. The molecule has 0 saturated carbocycles. The zero-order chi connectivity index (χ0) is 23.7. The highest BCUT2D eigenvalue weighted by Gasteiger charge is 2.03. The van der Waals surface area contributed by atoms with Crippen LogP contribution in [0.15, 0.2) is 30.3 Å². The van der Waals surface area contributed by atoms with Crippen LogP contribution in [0, 0.1) is 0 Å². The van der Waals surface area contributed by atoms with Crippen molar-refractivity contribution in [3.8, 4) is 0 Å². The smallest absolute Gasteiger partial charge is 0.155 e. The van der Waals surface area contributed by atoms with Crippen LogP contribution in [0.5, 0.6) is 0 Å². The summed E-state index contributed by atoms with van der Waals surface area (Å²) in [6.07, 6.45) is 23.2. The normalized spacial score (nSPS) is 12.7. The number of nitrogens with two attached hydrogens (primary N) is 1. The molecule has 2 unspecified atom stereocenters. The molecule has 33 heavy (non-hydrogen) atoms. The summed E-state index contributed by atoms with van der Waals surface area (Å²) >= 11 is 0. The van der Waals surface area contributed by atoms with Crippen LogP contribution in [0.1, 0.15) is 122 Å². The third-order valence-electron chi connectivity index (χ3n) is 6.02. The number of benzene rings is 1. The SMILES string of the molecule is CCCCCCCCCCCCCCCCCCCOPOCC(N)OCc1ccccc1. The van der Waals surface area contributed by atoms with Crippen molar-refractivity contribution >= 4 is 9.03 Å². The van der Waals surface area contributed by atoms with E-state index in [-0.39, 0.29) is 9.03 Å². The third kappa shape index (κ3) is 21.7. The van der Waals surface area contributed by atoms with Gasteiger partial charge in [0.15, 0.2) is 9.03 Å². The summed E-state index contributed by atoms with van der Waals surface area (Å²) in [4.78, 5) is 0. The van der Waals surface area contributed by atoms with Gasteiger partial charge in [0.1, 0.15) is 6.23 Å².